The van der Waals surface area contributed by atoms with Gasteiger partial charge < -0.3 is 14.4 Å². The van der Waals surface area contributed by atoms with Gasteiger partial charge in [-0.25, -0.2) is 0 Å². The molecule has 4 rings (SSSR count). The lowest BCUT2D eigenvalue weighted by Gasteiger charge is -2.27. The highest BCUT2D eigenvalue weighted by molar-refractivity contribution is 5.99. The molecule has 4 heteroatoms. The van der Waals surface area contributed by atoms with Crippen molar-refractivity contribution < 1.29 is 14.3 Å². The molecule has 1 saturated carbocycles. The van der Waals surface area contributed by atoms with Crippen LogP contribution in [-0.2, 0) is 9.47 Å². The summed E-state index contributed by atoms with van der Waals surface area (Å²) in [5.74, 6) is 0.0526. The van der Waals surface area contributed by atoms with Crippen LogP contribution in [0.5, 0.6) is 0 Å². The van der Waals surface area contributed by atoms with Crippen molar-refractivity contribution in [2.75, 3.05) is 27.9 Å². The highest BCUT2D eigenvalue weighted by Crippen LogP contribution is 2.41. The highest BCUT2D eigenvalue weighted by atomic mass is 16.5. The fraction of sp³-hybridized carbons (Fsp3) is 0.346. The van der Waals surface area contributed by atoms with E-state index in [0.717, 1.165) is 45.9 Å². The van der Waals surface area contributed by atoms with E-state index in [0.29, 0.717) is 6.61 Å². The largest absolute Gasteiger partial charge is 0.382 e. The number of benzene rings is 3. The summed E-state index contributed by atoms with van der Waals surface area (Å²) in [7, 11) is 5.30. The van der Waals surface area contributed by atoms with Crippen molar-refractivity contribution in [2.24, 2.45) is 0 Å². The molecule has 1 aliphatic carbocycles. The summed E-state index contributed by atoms with van der Waals surface area (Å²) in [6.45, 7) is 2.64. The number of carbonyl (C=O) groups excluding carboxylic acids is 1. The van der Waals surface area contributed by atoms with E-state index >= 15 is 0 Å². The SMILES string of the molecule is COCC1(N(C)C(=O)c2ccc3cc(-c4cccc(C(C)OC)c4)ccc3c2)CC1. The number of rotatable bonds is 7. The van der Waals surface area contributed by atoms with Crippen molar-refractivity contribution in [1.29, 1.82) is 0 Å². The number of methoxy groups -OCH3 is 2. The predicted octanol–water partition coefficient (Wildman–Crippen LogP) is 5.47. The Morgan fingerprint density at radius 1 is 1.00 bits per heavy atom. The van der Waals surface area contributed by atoms with Crippen LogP contribution in [0.2, 0.25) is 0 Å². The molecule has 3 aromatic carbocycles. The van der Waals surface area contributed by atoms with Gasteiger partial charge in [-0.2, -0.15) is 0 Å². The Kier molecular flexibility index (Phi) is 5.63. The fourth-order valence-corrected chi connectivity index (χ4v) is 4.06. The maximum absolute atomic E-state index is 13.0. The lowest BCUT2D eigenvalue weighted by atomic mass is 9.97. The summed E-state index contributed by atoms with van der Waals surface area (Å²) < 4.78 is 10.8. The summed E-state index contributed by atoms with van der Waals surface area (Å²) in [6.07, 6.45) is 2.06. The van der Waals surface area contributed by atoms with E-state index in [2.05, 4.69) is 42.5 Å². The van der Waals surface area contributed by atoms with Crippen LogP contribution >= 0.6 is 0 Å². The first-order valence-corrected chi connectivity index (χ1v) is 10.4. The molecule has 0 aromatic heterocycles. The first kappa shape index (κ1) is 20.6. The number of amides is 1. The standard InChI is InChI=1S/C26H29NO3/c1-18(30-4)19-6-5-7-20(14-19)21-8-9-23-16-24(11-10-22(23)15-21)25(28)27(2)26(12-13-26)17-29-3/h5-11,14-16,18H,12-13,17H2,1-4H3. The molecule has 0 spiro atoms. The molecular weight excluding hydrogens is 374 g/mol. The van der Waals surface area contributed by atoms with Gasteiger partial charge in [0.15, 0.2) is 0 Å². The first-order chi connectivity index (χ1) is 14.5. The Morgan fingerprint density at radius 2 is 1.70 bits per heavy atom. The highest BCUT2D eigenvalue weighted by Gasteiger charge is 2.48. The van der Waals surface area contributed by atoms with Crippen molar-refractivity contribution in [1.82, 2.24) is 4.90 Å². The smallest absolute Gasteiger partial charge is 0.254 e. The lowest BCUT2D eigenvalue weighted by Crippen LogP contribution is -2.42. The third kappa shape index (κ3) is 3.85. The molecule has 1 unspecified atom stereocenters. The molecule has 0 N–H and O–H groups in total. The van der Waals surface area contributed by atoms with Crippen molar-refractivity contribution in [3.8, 4) is 11.1 Å². The first-order valence-electron chi connectivity index (χ1n) is 10.4. The van der Waals surface area contributed by atoms with E-state index in [-0.39, 0.29) is 17.6 Å². The minimum Gasteiger partial charge on any atom is -0.382 e. The number of hydrogen-bond donors (Lipinski definition) is 0. The van der Waals surface area contributed by atoms with Crippen LogP contribution in [0.4, 0.5) is 0 Å². The number of fused-ring (bicyclic) bond motifs is 1. The summed E-state index contributed by atoms with van der Waals surface area (Å²) in [5.41, 5.74) is 4.06. The van der Waals surface area contributed by atoms with Crippen LogP contribution in [0.3, 0.4) is 0 Å². The molecule has 0 bridgehead atoms. The van der Waals surface area contributed by atoms with E-state index in [1.165, 1.54) is 0 Å². The number of nitrogens with zero attached hydrogens (tertiary/aromatic N) is 1. The molecule has 1 aliphatic rings. The second-order valence-corrected chi connectivity index (χ2v) is 8.30. The Bertz CT molecular complexity index is 1070. The Morgan fingerprint density at radius 3 is 2.40 bits per heavy atom. The van der Waals surface area contributed by atoms with Crippen LogP contribution in [0.25, 0.3) is 21.9 Å². The Labute approximate surface area is 178 Å². The zero-order chi connectivity index (χ0) is 21.3. The monoisotopic (exact) mass is 403 g/mol. The second kappa shape index (κ2) is 8.21. The summed E-state index contributed by atoms with van der Waals surface area (Å²) in [5, 5.41) is 2.19. The van der Waals surface area contributed by atoms with E-state index in [1.54, 1.807) is 14.2 Å². The maximum atomic E-state index is 13.0. The van der Waals surface area contributed by atoms with Crippen LogP contribution in [-0.4, -0.2) is 44.2 Å². The van der Waals surface area contributed by atoms with E-state index < -0.39 is 0 Å². The minimum atomic E-state index is -0.130. The van der Waals surface area contributed by atoms with E-state index in [9.17, 15) is 4.79 Å². The number of likely N-dealkylation sites (N-methyl/N-ethyl adjacent to an activating group) is 1. The molecule has 1 fully saturated rings. The minimum absolute atomic E-state index is 0.0526. The van der Waals surface area contributed by atoms with Gasteiger partial charge in [-0.15, -0.1) is 0 Å². The van der Waals surface area contributed by atoms with Gasteiger partial charge in [0.2, 0.25) is 0 Å². The quantitative estimate of drug-likeness (QED) is 0.525. The normalized spacial score (nSPS) is 15.7. The Hall–Kier alpha value is -2.69. The van der Waals surface area contributed by atoms with Gasteiger partial charge in [-0.3, -0.25) is 4.79 Å². The molecule has 1 atom stereocenters. The zero-order valence-corrected chi connectivity index (χ0v) is 18.1. The van der Waals surface area contributed by atoms with Gasteiger partial charge in [-0.1, -0.05) is 36.4 Å². The molecular formula is C26H29NO3. The van der Waals surface area contributed by atoms with Crippen LogP contribution in [0, 0.1) is 0 Å². The van der Waals surface area contributed by atoms with Crippen LogP contribution in [0.15, 0.2) is 60.7 Å². The topological polar surface area (TPSA) is 38.8 Å². The molecule has 0 aliphatic heterocycles. The number of carbonyl (C=O) groups is 1. The van der Waals surface area contributed by atoms with E-state index in [1.807, 2.05) is 37.1 Å². The van der Waals surface area contributed by atoms with Gasteiger partial charge in [0.1, 0.15) is 0 Å². The molecule has 30 heavy (non-hydrogen) atoms. The van der Waals surface area contributed by atoms with Gasteiger partial charge in [0.25, 0.3) is 5.91 Å². The second-order valence-electron chi connectivity index (χ2n) is 8.30. The van der Waals surface area contributed by atoms with Gasteiger partial charge >= 0.3 is 0 Å². The van der Waals surface area contributed by atoms with Crippen molar-refractivity contribution in [3.05, 3.63) is 71.8 Å². The zero-order valence-electron chi connectivity index (χ0n) is 18.1. The van der Waals surface area contributed by atoms with Crippen molar-refractivity contribution >= 4 is 16.7 Å². The summed E-state index contributed by atoms with van der Waals surface area (Å²) >= 11 is 0. The fourth-order valence-electron chi connectivity index (χ4n) is 4.06. The van der Waals surface area contributed by atoms with Gasteiger partial charge in [-0.05, 0) is 71.5 Å². The average Bonchev–Trinajstić information content (AvgIpc) is 3.57. The Balaban J connectivity index is 1.61. The molecule has 4 nitrogen and oxygen atoms in total. The molecule has 0 radical (unpaired) electrons. The molecule has 0 saturated heterocycles. The lowest BCUT2D eigenvalue weighted by molar-refractivity contribution is 0.0551. The number of ether oxygens (including phenoxy) is 2. The van der Waals surface area contributed by atoms with Gasteiger partial charge in [0, 0.05) is 26.8 Å². The maximum Gasteiger partial charge on any atom is 0.254 e. The molecule has 156 valence electrons. The molecule has 3 aromatic rings. The molecule has 0 heterocycles. The summed E-state index contributed by atoms with van der Waals surface area (Å²) in [6, 6.07) is 20.8. The average molecular weight is 404 g/mol. The van der Waals surface area contributed by atoms with E-state index in [4.69, 9.17) is 9.47 Å². The molecule has 1 amide bonds. The van der Waals surface area contributed by atoms with Crippen molar-refractivity contribution in [2.45, 2.75) is 31.4 Å². The van der Waals surface area contributed by atoms with Crippen LogP contribution in [0.1, 0.15) is 41.8 Å². The van der Waals surface area contributed by atoms with Crippen LogP contribution < -0.4 is 0 Å². The summed E-state index contributed by atoms with van der Waals surface area (Å²) in [4.78, 5) is 14.9. The predicted molar refractivity (Wildman–Crippen MR) is 121 cm³/mol. The third-order valence-corrected chi connectivity index (χ3v) is 6.39. The third-order valence-electron chi connectivity index (χ3n) is 6.39. The van der Waals surface area contributed by atoms with Gasteiger partial charge in [0.05, 0.1) is 18.2 Å². The number of hydrogen-bond acceptors (Lipinski definition) is 3. The van der Waals surface area contributed by atoms with Crippen molar-refractivity contribution in [3.63, 3.8) is 0 Å².